The Balaban J connectivity index is 2.85. The average Bonchev–Trinajstić information content (AvgIpc) is 2.58. The molecule has 0 aliphatic rings. The Kier molecular flexibility index (Phi) is 5.71. The highest BCUT2D eigenvalue weighted by atomic mass is 35.5. The maximum atomic E-state index is 10.4. The van der Waals surface area contributed by atoms with Gasteiger partial charge in [0.05, 0.1) is 30.1 Å². The fourth-order valence-electron chi connectivity index (χ4n) is 2.46. The first kappa shape index (κ1) is 20.1. The number of phenols is 1. The van der Waals surface area contributed by atoms with E-state index in [0.717, 1.165) is 0 Å². The molecular formula is C14HCl9O2. The molecule has 3 aromatic rings. The molecule has 0 aliphatic heterocycles. The Bertz CT molecular complexity index is 1080. The van der Waals surface area contributed by atoms with E-state index in [9.17, 15) is 5.11 Å². The van der Waals surface area contributed by atoms with Crippen LogP contribution in [0.25, 0.3) is 21.5 Å². The topological polar surface area (TPSA) is 29.5 Å². The van der Waals surface area contributed by atoms with Gasteiger partial charge in [-0.25, -0.2) is 0 Å². The quantitative estimate of drug-likeness (QED) is 0.197. The van der Waals surface area contributed by atoms with Crippen molar-refractivity contribution in [1.29, 1.82) is 0 Å². The Morgan fingerprint density at radius 2 is 0.920 bits per heavy atom. The Hall–Kier alpha value is 0.390. The van der Waals surface area contributed by atoms with E-state index < -0.39 is 5.75 Å². The van der Waals surface area contributed by atoms with Crippen molar-refractivity contribution >= 4 is 126 Å². The van der Waals surface area contributed by atoms with Crippen molar-refractivity contribution in [2.24, 2.45) is 0 Å². The van der Waals surface area contributed by atoms with Crippen molar-refractivity contribution in [2.75, 3.05) is 0 Å². The molecule has 11 heteroatoms. The van der Waals surface area contributed by atoms with Crippen LogP contribution in [0.3, 0.4) is 0 Å². The van der Waals surface area contributed by atoms with Crippen LogP contribution in [0.4, 0.5) is 0 Å². The predicted octanol–water partition coefficient (Wildman–Crippen LogP) is 9.46. The molecule has 0 radical (unpaired) electrons. The Morgan fingerprint density at radius 3 is 1.48 bits per heavy atom. The SMILES string of the molecule is Oc1c(Cl)c(Cl)c(Cl)c2c1c(Cl)c(Cl)c1c(Cl)c(Cl)c(OCl)c(Cl)c12. The first-order valence-electron chi connectivity index (χ1n) is 6.09. The van der Waals surface area contributed by atoms with Crippen LogP contribution in [-0.4, -0.2) is 5.11 Å². The van der Waals surface area contributed by atoms with Crippen molar-refractivity contribution in [3.05, 3.63) is 40.2 Å². The number of aromatic hydroxyl groups is 1. The fourth-order valence-corrected chi connectivity index (χ4v) is 4.88. The van der Waals surface area contributed by atoms with Gasteiger partial charge in [-0.3, -0.25) is 0 Å². The van der Waals surface area contributed by atoms with E-state index >= 15 is 0 Å². The summed E-state index contributed by atoms with van der Waals surface area (Å²) in [5.74, 6) is -0.542. The van der Waals surface area contributed by atoms with Crippen molar-refractivity contribution in [3.8, 4) is 11.5 Å². The standard InChI is InChI=1S/C14HCl9O2/c15-5-2-1-3(7(17)12(22)14(25-23)9(1)19)6(16)8(18)4(2)13(24)11(21)10(5)20/h24H. The number of hydrogen-bond donors (Lipinski definition) is 1. The summed E-state index contributed by atoms with van der Waals surface area (Å²) in [6.45, 7) is 0. The minimum Gasteiger partial charge on any atom is -0.506 e. The molecule has 2 nitrogen and oxygen atoms in total. The van der Waals surface area contributed by atoms with Crippen LogP contribution in [-0.2, 0) is 0 Å². The monoisotopic (exact) mass is 516 g/mol. The zero-order valence-corrected chi connectivity index (χ0v) is 18.1. The third-order valence-electron chi connectivity index (χ3n) is 3.54. The maximum Gasteiger partial charge on any atom is 0.185 e. The molecule has 1 N–H and O–H groups in total. The third-order valence-corrected chi connectivity index (χ3v) is 7.06. The third kappa shape index (κ3) is 2.77. The molecule has 0 atom stereocenters. The van der Waals surface area contributed by atoms with Gasteiger partial charge in [-0.1, -0.05) is 92.8 Å². The number of benzene rings is 3. The number of fused-ring (bicyclic) bond motifs is 3. The molecule has 0 spiro atoms. The largest absolute Gasteiger partial charge is 0.506 e. The number of phenolic OH excluding ortho intramolecular Hbond substituents is 1. The smallest absolute Gasteiger partial charge is 0.185 e. The molecule has 3 aromatic carbocycles. The van der Waals surface area contributed by atoms with Crippen LogP contribution < -0.4 is 4.29 Å². The van der Waals surface area contributed by atoms with Gasteiger partial charge < -0.3 is 9.40 Å². The van der Waals surface area contributed by atoms with Gasteiger partial charge in [-0.15, -0.1) is 0 Å². The number of rotatable bonds is 1. The molecular weight excluding hydrogens is 519 g/mol. The molecule has 0 saturated heterocycles. The van der Waals surface area contributed by atoms with Gasteiger partial charge in [0, 0.05) is 21.5 Å². The molecule has 0 fully saturated rings. The lowest BCUT2D eigenvalue weighted by Gasteiger charge is -2.18. The van der Waals surface area contributed by atoms with Gasteiger partial charge in [0.2, 0.25) is 0 Å². The lowest BCUT2D eigenvalue weighted by atomic mass is 10.00. The molecule has 25 heavy (non-hydrogen) atoms. The van der Waals surface area contributed by atoms with Crippen LogP contribution in [0.1, 0.15) is 0 Å². The minimum atomic E-state index is -0.421. The van der Waals surface area contributed by atoms with E-state index in [2.05, 4.69) is 0 Å². The van der Waals surface area contributed by atoms with E-state index in [1.807, 2.05) is 0 Å². The first-order chi connectivity index (χ1) is 11.6. The highest BCUT2D eigenvalue weighted by molar-refractivity contribution is 6.60. The second-order valence-electron chi connectivity index (χ2n) is 4.77. The fraction of sp³-hybridized carbons (Fsp3) is 0. The summed E-state index contributed by atoms with van der Waals surface area (Å²) in [6.07, 6.45) is 0. The van der Waals surface area contributed by atoms with Crippen molar-refractivity contribution in [3.63, 3.8) is 0 Å². The van der Waals surface area contributed by atoms with Gasteiger partial charge in [0.15, 0.2) is 5.75 Å². The zero-order chi connectivity index (χ0) is 18.8. The summed E-state index contributed by atoms with van der Waals surface area (Å²) >= 11 is 55.3. The van der Waals surface area contributed by atoms with Gasteiger partial charge in [0.25, 0.3) is 0 Å². The van der Waals surface area contributed by atoms with E-state index in [1.54, 1.807) is 0 Å². The van der Waals surface area contributed by atoms with Crippen molar-refractivity contribution in [1.82, 2.24) is 0 Å². The summed E-state index contributed by atoms with van der Waals surface area (Å²) in [5.41, 5.74) is 0. The molecule has 0 aromatic heterocycles. The Labute approximate surface area is 186 Å². The van der Waals surface area contributed by atoms with Crippen molar-refractivity contribution in [2.45, 2.75) is 0 Å². The summed E-state index contributed by atoms with van der Waals surface area (Å²) in [4.78, 5) is 0. The lowest BCUT2D eigenvalue weighted by molar-refractivity contribution is 0.482. The summed E-state index contributed by atoms with van der Waals surface area (Å²) < 4.78 is 4.69. The van der Waals surface area contributed by atoms with Gasteiger partial charge in [-0.2, -0.15) is 0 Å². The lowest BCUT2D eigenvalue weighted by Crippen LogP contribution is -1.91. The molecule has 0 aliphatic carbocycles. The van der Waals surface area contributed by atoms with Gasteiger partial charge in [0.1, 0.15) is 27.7 Å². The van der Waals surface area contributed by atoms with E-state index in [0.29, 0.717) is 0 Å². The van der Waals surface area contributed by atoms with E-state index in [4.69, 9.17) is 109 Å². The zero-order valence-electron chi connectivity index (χ0n) is 11.3. The molecule has 0 bridgehead atoms. The van der Waals surface area contributed by atoms with Crippen molar-refractivity contribution < 1.29 is 9.40 Å². The second-order valence-corrected chi connectivity index (χ2v) is 7.94. The summed E-state index contributed by atoms with van der Waals surface area (Å²) in [6, 6.07) is 0. The van der Waals surface area contributed by atoms with Crippen LogP contribution in [0.15, 0.2) is 0 Å². The molecule has 0 unspecified atom stereocenters. The minimum absolute atomic E-state index is 0.0212. The normalized spacial score (nSPS) is 11.6. The summed E-state index contributed by atoms with van der Waals surface area (Å²) in [7, 11) is 0. The van der Waals surface area contributed by atoms with Gasteiger partial charge >= 0.3 is 0 Å². The van der Waals surface area contributed by atoms with Crippen LogP contribution in [0.2, 0.25) is 40.2 Å². The van der Waals surface area contributed by atoms with Gasteiger partial charge in [-0.05, 0) is 0 Å². The average molecular weight is 520 g/mol. The predicted molar refractivity (Wildman–Crippen MR) is 110 cm³/mol. The molecule has 0 heterocycles. The molecule has 0 amide bonds. The second kappa shape index (κ2) is 7.09. The first-order valence-corrected chi connectivity index (χ1v) is 9.43. The van der Waals surface area contributed by atoms with Crippen LogP contribution in [0, 0.1) is 0 Å². The van der Waals surface area contributed by atoms with Crippen LogP contribution >= 0.6 is 105 Å². The van der Waals surface area contributed by atoms with E-state index in [-0.39, 0.29) is 67.5 Å². The van der Waals surface area contributed by atoms with Crippen LogP contribution in [0.5, 0.6) is 11.5 Å². The molecule has 3 rings (SSSR count). The molecule has 132 valence electrons. The summed E-state index contributed by atoms with van der Waals surface area (Å²) in [5, 5.41) is 10.4. The maximum absolute atomic E-state index is 10.4. The number of hydrogen-bond acceptors (Lipinski definition) is 2. The highest BCUT2D eigenvalue weighted by Gasteiger charge is 2.28. The molecule has 0 saturated carbocycles. The highest BCUT2D eigenvalue weighted by Crippen LogP contribution is 2.56. The number of halogens is 9. The Morgan fingerprint density at radius 1 is 0.480 bits per heavy atom. The van der Waals surface area contributed by atoms with E-state index in [1.165, 1.54) is 0 Å².